The molecule has 20 heavy (non-hydrogen) atoms. The highest BCUT2D eigenvalue weighted by atomic mass is 16.5. The van der Waals surface area contributed by atoms with Crippen molar-refractivity contribution >= 4 is 0 Å². The first-order valence-electron chi connectivity index (χ1n) is 7.85. The number of hydrogen-bond acceptors (Lipinski definition) is 3. The second-order valence-electron chi connectivity index (χ2n) is 6.17. The van der Waals surface area contributed by atoms with Gasteiger partial charge >= 0.3 is 0 Å². The molecule has 1 aliphatic rings. The highest BCUT2D eigenvalue weighted by Gasteiger charge is 2.28. The summed E-state index contributed by atoms with van der Waals surface area (Å²) in [7, 11) is 0. The zero-order valence-corrected chi connectivity index (χ0v) is 12.8. The van der Waals surface area contributed by atoms with Crippen LogP contribution in [0.15, 0.2) is 24.3 Å². The minimum atomic E-state index is 0.589. The predicted molar refractivity (Wildman–Crippen MR) is 83.9 cm³/mol. The zero-order valence-electron chi connectivity index (χ0n) is 12.8. The predicted octanol–water partition coefficient (Wildman–Crippen LogP) is 3.03. The number of nitrogens with two attached hydrogens (primary N) is 1. The molecule has 3 nitrogen and oxygen atoms in total. The van der Waals surface area contributed by atoms with Crippen LogP contribution in [0.4, 0.5) is 0 Å². The first kappa shape index (κ1) is 15.3. The third kappa shape index (κ3) is 5.14. The summed E-state index contributed by atoms with van der Waals surface area (Å²) < 4.78 is 5.79. The Morgan fingerprint density at radius 2 is 1.95 bits per heavy atom. The Morgan fingerprint density at radius 1 is 1.25 bits per heavy atom. The highest BCUT2D eigenvalue weighted by molar-refractivity contribution is 5.26. The van der Waals surface area contributed by atoms with Crippen molar-refractivity contribution in [3.63, 3.8) is 0 Å². The van der Waals surface area contributed by atoms with Crippen LogP contribution in [0.3, 0.4) is 0 Å². The van der Waals surface area contributed by atoms with Crippen LogP contribution in [0.1, 0.15) is 38.7 Å². The van der Waals surface area contributed by atoms with Crippen LogP contribution in [-0.4, -0.2) is 30.6 Å². The largest absolute Gasteiger partial charge is 0.494 e. The third-order valence-corrected chi connectivity index (χ3v) is 3.68. The Hall–Kier alpha value is -1.06. The lowest BCUT2D eigenvalue weighted by Crippen LogP contribution is -2.31. The maximum atomic E-state index is 5.79. The lowest BCUT2D eigenvalue weighted by molar-refractivity contribution is 0.208. The third-order valence-electron chi connectivity index (χ3n) is 3.68. The van der Waals surface area contributed by atoms with Gasteiger partial charge in [-0.15, -0.1) is 0 Å². The average Bonchev–Trinajstić information content (AvgIpc) is 3.27. The van der Waals surface area contributed by atoms with Crippen LogP contribution >= 0.6 is 0 Å². The molecule has 0 atom stereocenters. The quantitative estimate of drug-likeness (QED) is 0.705. The summed E-state index contributed by atoms with van der Waals surface area (Å²) >= 11 is 0. The molecule has 2 rings (SSSR count). The molecule has 0 bridgehead atoms. The van der Waals surface area contributed by atoms with E-state index in [4.69, 9.17) is 10.5 Å². The monoisotopic (exact) mass is 276 g/mol. The topological polar surface area (TPSA) is 38.5 Å². The van der Waals surface area contributed by atoms with Gasteiger partial charge in [0, 0.05) is 25.7 Å². The molecule has 0 spiro atoms. The van der Waals surface area contributed by atoms with E-state index < -0.39 is 0 Å². The summed E-state index contributed by atoms with van der Waals surface area (Å²) in [5.41, 5.74) is 6.73. The number of benzene rings is 1. The van der Waals surface area contributed by atoms with Crippen LogP contribution in [0.25, 0.3) is 0 Å². The summed E-state index contributed by atoms with van der Waals surface area (Å²) in [4.78, 5) is 2.63. The van der Waals surface area contributed by atoms with Crippen LogP contribution in [0, 0.1) is 5.92 Å². The van der Waals surface area contributed by atoms with Crippen molar-refractivity contribution in [2.45, 2.75) is 45.7 Å². The molecule has 0 unspecified atom stereocenters. The molecule has 1 aliphatic carbocycles. The molecule has 112 valence electrons. The lowest BCUT2D eigenvalue weighted by atomic mass is 10.2. The van der Waals surface area contributed by atoms with Crippen molar-refractivity contribution in [3.8, 4) is 5.75 Å². The fraction of sp³-hybridized carbons (Fsp3) is 0.647. The van der Waals surface area contributed by atoms with Crippen LogP contribution in [0.5, 0.6) is 5.75 Å². The molecular formula is C17H28N2O. The summed E-state index contributed by atoms with van der Waals surface area (Å²) in [6.07, 6.45) is 3.87. The van der Waals surface area contributed by atoms with Crippen LogP contribution < -0.4 is 10.5 Å². The van der Waals surface area contributed by atoms with E-state index in [1.807, 2.05) is 24.3 Å². The molecule has 0 aromatic heterocycles. The Labute approximate surface area is 123 Å². The Bertz CT molecular complexity index is 384. The molecule has 2 N–H and O–H groups in total. The van der Waals surface area contributed by atoms with Gasteiger partial charge in [0.05, 0.1) is 6.61 Å². The minimum Gasteiger partial charge on any atom is -0.494 e. The summed E-state index contributed by atoms with van der Waals surface area (Å²) in [5.74, 6) is 1.70. The molecule has 0 aliphatic heterocycles. The molecule has 0 radical (unpaired) electrons. The van der Waals surface area contributed by atoms with Gasteiger partial charge in [0.15, 0.2) is 0 Å². The molecular weight excluding hydrogens is 248 g/mol. The van der Waals surface area contributed by atoms with E-state index in [-0.39, 0.29) is 0 Å². The SMILES string of the molecule is CC(C)CN(CCCOc1ccc(CN)cc1)C1CC1. The van der Waals surface area contributed by atoms with E-state index in [0.29, 0.717) is 6.54 Å². The van der Waals surface area contributed by atoms with E-state index in [1.54, 1.807) is 0 Å². The minimum absolute atomic E-state index is 0.589. The van der Waals surface area contributed by atoms with Crippen molar-refractivity contribution in [2.24, 2.45) is 11.7 Å². The van der Waals surface area contributed by atoms with E-state index in [0.717, 1.165) is 42.8 Å². The molecule has 1 saturated carbocycles. The smallest absolute Gasteiger partial charge is 0.119 e. The number of rotatable bonds is 9. The van der Waals surface area contributed by atoms with Crippen LogP contribution in [0.2, 0.25) is 0 Å². The van der Waals surface area contributed by atoms with Crippen molar-refractivity contribution < 1.29 is 4.74 Å². The number of ether oxygens (including phenoxy) is 1. The maximum Gasteiger partial charge on any atom is 0.119 e. The summed E-state index contributed by atoms with van der Waals surface area (Å²) in [6.45, 7) is 8.35. The van der Waals surface area contributed by atoms with Crippen molar-refractivity contribution in [3.05, 3.63) is 29.8 Å². The number of hydrogen-bond donors (Lipinski definition) is 1. The molecule has 3 heteroatoms. The van der Waals surface area contributed by atoms with Gasteiger partial charge in [0.25, 0.3) is 0 Å². The second kappa shape index (κ2) is 7.65. The van der Waals surface area contributed by atoms with Crippen molar-refractivity contribution in [1.29, 1.82) is 0 Å². The van der Waals surface area contributed by atoms with E-state index >= 15 is 0 Å². The molecule has 1 aromatic rings. The molecule has 1 aromatic carbocycles. The van der Waals surface area contributed by atoms with E-state index in [2.05, 4.69) is 18.7 Å². The molecule has 1 fully saturated rings. The van der Waals surface area contributed by atoms with Crippen LogP contribution in [-0.2, 0) is 6.54 Å². The summed E-state index contributed by atoms with van der Waals surface area (Å²) in [5, 5.41) is 0. The highest BCUT2D eigenvalue weighted by Crippen LogP contribution is 2.27. The second-order valence-corrected chi connectivity index (χ2v) is 6.17. The summed E-state index contributed by atoms with van der Waals surface area (Å²) in [6, 6.07) is 8.93. The van der Waals surface area contributed by atoms with Crippen molar-refractivity contribution in [1.82, 2.24) is 4.90 Å². The Balaban J connectivity index is 1.66. The zero-order chi connectivity index (χ0) is 14.4. The Morgan fingerprint density at radius 3 is 2.50 bits per heavy atom. The standard InChI is InChI=1S/C17H28N2O/c1-14(2)13-19(16-6-7-16)10-3-11-20-17-8-4-15(12-18)5-9-17/h4-5,8-9,14,16H,3,6-7,10-13,18H2,1-2H3. The van der Waals surface area contributed by atoms with Gasteiger partial charge in [-0.25, -0.2) is 0 Å². The number of nitrogens with zero attached hydrogens (tertiary/aromatic N) is 1. The average molecular weight is 276 g/mol. The molecule has 0 saturated heterocycles. The van der Waals surface area contributed by atoms with E-state index in [9.17, 15) is 0 Å². The van der Waals surface area contributed by atoms with Gasteiger partial charge in [-0.3, -0.25) is 0 Å². The maximum absolute atomic E-state index is 5.79. The van der Waals surface area contributed by atoms with Gasteiger partial charge in [-0.2, -0.15) is 0 Å². The lowest BCUT2D eigenvalue weighted by Gasteiger charge is -2.23. The Kier molecular flexibility index (Phi) is 5.86. The van der Waals surface area contributed by atoms with Gasteiger partial charge in [-0.05, 0) is 42.9 Å². The fourth-order valence-electron chi connectivity index (χ4n) is 2.51. The van der Waals surface area contributed by atoms with Gasteiger partial charge in [0.1, 0.15) is 5.75 Å². The fourth-order valence-corrected chi connectivity index (χ4v) is 2.51. The first-order valence-corrected chi connectivity index (χ1v) is 7.85. The van der Waals surface area contributed by atoms with Crippen molar-refractivity contribution in [2.75, 3.05) is 19.7 Å². The van der Waals surface area contributed by atoms with Gasteiger partial charge < -0.3 is 15.4 Å². The van der Waals surface area contributed by atoms with Gasteiger partial charge in [0.2, 0.25) is 0 Å². The molecule has 0 heterocycles. The first-order chi connectivity index (χ1) is 9.69. The molecule has 0 amide bonds. The van der Waals surface area contributed by atoms with E-state index in [1.165, 1.54) is 19.4 Å². The van der Waals surface area contributed by atoms with Gasteiger partial charge in [-0.1, -0.05) is 26.0 Å². The normalized spacial score (nSPS) is 15.1.